The minimum atomic E-state index is -0.881. The van der Waals surface area contributed by atoms with Gasteiger partial charge >= 0.3 is 0 Å². The van der Waals surface area contributed by atoms with E-state index in [9.17, 15) is 8.78 Å². The molecule has 1 rings (SSSR count). The second-order valence-electron chi connectivity index (χ2n) is 4.35. The molecule has 0 bridgehead atoms. The summed E-state index contributed by atoms with van der Waals surface area (Å²) in [6.45, 7) is 6.26. The number of aryl methyl sites for hydroxylation is 1. The second-order valence-corrected chi connectivity index (χ2v) is 4.35. The molecule has 0 amide bonds. The van der Waals surface area contributed by atoms with Crippen molar-refractivity contribution in [1.82, 2.24) is 0 Å². The van der Waals surface area contributed by atoms with Gasteiger partial charge in [-0.1, -0.05) is 26.7 Å². The Labute approximate surface area is 101 Å². The number of nitrogen functional groups attached to an aromatic ring is 1. The molecule has 0 unspecified atom stereocenters. The van der Waals surface area contributed by atoms with Crippen molar-refractivity contribution in [2.24, 2.45) is 5.92 Å². The van der Waals surface area contributed by atoms with Crippen LogP contribution < -0.4 is 11.1 Å². The third-order valence-corrected chi connectivity index (χ3v) is 3.14. The maximum absolute atomic E-state index is 13.7. The lowest BCUT2D eigenvalue weighted by Gasteiger charge is -2.17. The fourth-order valence-electron chi connectivity index (χ4n) is 1.78. The van der Waals surface area contributed by atoms with E-state index in [2.05, 4.69) is 19.2 Å². The Balaban J connectivity index is 2.88. The maximum Gasteiger partial charge on any atom is 0.184 e. The summed E-state index contributed by atoms with van der Waals surface area (Å²) in [5.74, 6) is -1.27. The van der Waals surface area contributed by atoms with Crippen LogP contribution >= 0.6 is 0 Å². The van der Waals surface area contributed by atoms with Crippen LogP contribution in [0.1, 0.15) is 32.3 Å². The van der Waals surface area contributed by atoms with Crippen LogP contribution in [-0.2, 0) is 0 Å². The van der Waals surface area contributed by atoms with Gasteiger partial charge < -0.3 is 11.1 Å². The third-order valence-electron chi connectivity index (χ3n) is 3.14. The van der Waals surface area contributed by atoms with Crippen molar-refractivity contribution >= 4 is 11.4 Å². The van der Waals surface area contributed by atoms with Crippen LogP contribution in [0.25, 0.3) is 0 Å². The van der Waals surface area contributed by atoms with E-state index < -0.39 is 11.6 Å². The summed E-state index contributed by atoms with van der Waals surface area (Å²) < 4.78 is 27.1. The first-order valence-electron chi connectivity index (χ1n) is 5.99. The molecule has 0 aliphatic rings. The topological polar surface area (TPSA) is 38.0 Å². The molecule has 0 saturated carbocycles. The Morgan fingerprint density at radius 3 is 2.35 bits per heavy atom. The van der Waals surface area contributed by atoms with Crippen molar-refractivity contribution in [2.75, 3.05) is 17.6 Å². The molecule has 0 radical (unpaired) electrons. The molecular weight excluding hydrogens is 222 g/mol. The SMILES string of the molecule is CCC(CC)CNc1c(N)cc(C)c(F)c1F. The van der Waals surface area contributed by atoms with Crippen LogP contribution in [0.3, 0.4) is 0 Å². The molecule has 0 saturated heterocycles. The zero-order valence-corrected chi connectivity index (χ0v) is 10.6. The summed E-state index contributed by atoms with van der Waals surface area (Å²) in [5, 5.41) is 2.91. The average molecular weight is 242 g/mol. The van der Waals surface area contributed by atoms with E-state index in [-0.39, 0.29) is 16.9 Å². The van der Waals surface area contributed by atoms with Crippen molar-refractivity contribution in [3.63, 3.8) is 0 Å². The fourth-order valence-corrected chi connectivity index (χ4v) is 1.78. The summed E-state index contributed by atoms with van der Waals surface area (Å²) in [4.78, 5) is 0. The number of benzene rings is 1. The number of anilines is 2. The van der Waals surface area contributed by atoms with E-state index >= 15 is 0 Å². The molecule has 0 aliphatic carbocycles. The summed E-state index contributed by atoms with van der Waals surface area (Å²) in [7, 11) is 0. The first-order valence-corrected chi connectivity index (χ1v) is 5.99. The molecule has 0 fully saturated rings. The Kier molecular flexibility index (Phi) is 4.73. The number of nitrogens with one attached hydrogen (secondary N) is 1. The predicted octanol–water partition coefficient (Wildman–Crippen LogP) is 3.70. The van der Waals surface area contributed by atoms with Crippen molar-refractivity contribution in [3.8, 4) is 0 Å². The minimum Gasteiger partial charge on any atom is -0.397 e. The largest absolute Gasteiger partial charge is 0.397 e. The Morgan fingerprint density at radius 1 is 1.24 bits per heavy atom. The van der Waals surface area contributed by atoms with Gasteiger partial charge in [-0.25, -0.2) is 8.78 Å². The van der Waals surface area contributed by atoms with E-state index in [0.29, 0.717) is 12.5 Å². The van der Waals surface area contributed by atoms with E-state index in [0.717, 1.165) is 12.8 Å². The van der Waals surface area contributed by atoms with Gasteiger partial charge in [-0.2, -0.15) is 0 Å². The highest BCUT2D eigenvalue weighted by molar-refractivity contribution is 5.68. The number of rotatable bonds is 5. The Bertz CT molecular complexity index is 387. The van der Waals surface area contributed by atoms with Gasteiger partial charge in [0.2, 0.25) is 0 Å². The molecule has 0 heterocycles. The molecule has 0 spiro atoms. The third kappa shape index (κ3) is 3.08. The molecule has 2 nitrogen and oxygen atoms in total. The molecule has 1 aromatic rings. The standard InChI is InChI=1S/C13H20F2N2/c1-4-9(5-2)7-17-13-10(16)6-8(3)11(14)12(13)15/h6,9,17H,4-5,7,16H2,1-3H3. The molecule has 3 N–H and O–H groups in total. The second kappa shape index (κ2) is 5.84. The van der Waals surface area contributed by atoms with Crippen LogP contribution in [-0.4, -0.2) is 6.54 Å². The van der Waals surface area contributed by atoms with Crippen LogP contribution in [0, 0.1) is 24.5 Å². The molecule has 0 aromatic heterocycles. The number of hydrogen-bond donors (Lipinski definition) is 2. The van der Waals surface area contributed by atoms with Crippen LogP contribution in [0.4, 0.5) is 20.2 Å². The normalized spacial score (nSPS) is 10.9. The predicted molar refractivity (Wildman–Crippen MR) is 68.1 cm³/mol. The van der Waals surface area contributed by atoms with Crippen LogP contribution in [0.5, 0.6) is 0 Å². The van der Waals surface area contributed by atoms with E-state index in [4.69, 9.17) is 5.73 Å². The van der Waals surface area contributed by atoms with Crippen molar-refractivity contribution in [2.45, 2.75) is 33.6 Å². The highest BCUT2D eigenvalue weighted by Crippen LogP contribution is 2.27. The molecular formula is C13H20F2N2. The summed E-state index contributed by atoms with van der Waals surface area (Å²) in [6, 6.07) is 1.45. The highest BCUT2D eigenvalue weighted by Gasteiger charge is 2.15. The van der Waals surface area contributed by atoms with Gasteiger partial charge in [-0.05, 0) is 24.5 Å². The van der Waals surface area contributed by atoms with Gasteiger partial charge in [0.25, 0.3) is 0 Å². The van der Waals surface area contributed by atoms with E-state index in [1.165, 1.54) is 13.0 Å². The monoisotopic (exact) mass is 242 g/mol. The van der Waals surface area contributed by atoms with E-state index in [1.807, 2.05) is 0 Å². The average Bonchev–Trinajstić information content (AvgIpc) is 2.31. The minimum absolute atomic E-state index is 0.0833. The first-order chi connectivity index (χ1) is 8.01. The summed E-state index contributed by atoms with van der Waals surface area (Å²) in [5.41, 5.74) is 6.26. The van der Waals surface area contributed by atoms with Crippen molar-refractivity contribution in [3.05, 3.63) is 23.3 Å². The Hall–Kier alpha value is -1.32. The molecule has 17 heavy (non-hydrogen) atoms. The highest BCUT2D eigenvalue weighted by atomic mass is 19.2. The van der Waals surface area contributed by atoms with Gasteiger partial charge in [0.15, 0.2) is 11.6 Å². The number of hydrogen-bond acceptors (Lipinski definition) is 2. The Morgan fingerprint density at radius 2 is 1.82 bits per heavy atom. The molecule has 1 aromatic carbocycles. The van der Waals surface area contributed by atoms with Crippen molar-refractivity contribution in [1.29, 1.82) is 0 Å². The van der Waals surface area contributed by atoms with Gasteiger partial charge in [-0.3, -0.25) is 0 Å². The quantitative estimate of drug-likeness (QED) is 0.772. The van der Waals surface area contributed by atoms with Gasteiger partial charge in [-0.15, -0.1) is 0 Å². The zero-order valence-electron chi connectivity index (χ0n) is 10.6. The van der Waals surface area contributed by atoms with Gasteiger partial charge in [0.1, 0.15) is 0 Å². The number of halogens is 2. The molecule has 96 valence electrons. The summed E-state index contributed by atoms with van der Waals surface area (Å²) >= 11 is 0. The maximum atomic E-state index is 13.7. The smallest absolute Gasteiger partial charge is 0.184 e. The summed E-state index contributed by atoms with van der Waals surface area (Å²) in [6.07, 6.45) is 2.00. The van der Waals surface area contributed by atoms with Gasteiger partial charge in [0.05, 0.1) is 11.4 Å². The lowest BCUT2D eigenvalue weighted by Crippen LogP contribution is -2.15. The van der Waals surface area contributed by atoms with Crippen LogP contribution in [0.2, 0.25) is 0 Å². The molecule has 0 aliphatic heterocycles. The molecule has 0 atom stereocenters. The number of nitrogens with two attached hydrogens (primary N) is 1. The van der Waals surface area contributed by atoms with Crippen molar-refractivity contribution < 1.29 is 8.78 Å². The molecule has 4 heteroatoms. The van der Waals surface area contributed by atoms with Gasteiger partial charge in [0, 0.05) is 6.54 Å². The lowest BCUT2D eigenvalue weighted by atomic mass is 10.0. The lowest BCUT2D eigenvalue weighted by molar-refractivity contribution is 0.497. The van der Waals surface area contributed by atoms with E-state index in [1.54, 1.807) is 0 Å². The fraction of sp³-hybridized carbons (Fsp3) is 0.538. The van der Waals surface area contributed by atoms with Crippen LogP contribution in [0.15, 0.2) is 6.07 Å². The zero-order chi connectivity index (χ0) is 13.0. The first kappa shape index (κ1) is 13.7.